The van der Waals surface area contributed by atoms with E-state index in [1.807, 2.05) is 12.1 Å². The standard InChI is InChI=1S/C15H21NO3S/c17-10-12-3-4-14-5-6-16(15(14)8-12)9-13-2-1-7-20(18,19)11-13/h3-4,8,13,17H,1-2,5-7,9-11H2. The van der Waals surface area contributed by atoms with E-state index in [1.165, 1.54) is 11.3 Å². The third-order valence-corrected chi connectivity index (χ3v) is 6.25. The second-order valence-corrected chi connectivity index (χ2v) is 8.17. The molecule has 1 saturated heterocycles. The highest BCUT2D eigenvalue weighted by Gasteiger charge is 2.28. The molecule has 2 aliphatic rings. The minimum Gasteiger partial charge on any atom is -0.392 e. The third-order valence-electron chi connectivity index (χ3n) is 4.36. The number of benzene rings is 1. The van der Waals surface area contributed by atoms with E-state index in [-0.39, 0.29) is 12.5 Å². The van der Waals surface area contributed by atoms with Gasteiger partial charge >= 0.3 is 0 Å². The van der Waals surface area contributed by atoms with E-state index in [4.69, 9.17) is 0 Å². The molecular weight excluding hydrogens is 274 g/mol. The lowest BCUT2D eigenvalue weighted by molar-refractivity contribution is 0.282. The van der Waals surface area contributed by atoms with E-state index >= 15 is 0 Å². The van der Waals surface area contributed by atoms with Gasteiger partial charge < -0.3 is 10.0 Å². The molecule has 4 nitrogen and oxygen atoms in total. The van der Waals surface area contributed by atoms with Crippen molar-refractivity contribution in [3.63, 3.8) is 0 Å². The maximum Gasteiger partial charge on any atom is 0.150 e. The number of sulfone groups is 1. The van der Waals surface area contributed by atoms with Gasteiger partial charge in [0.1, 0.15) is 0 Å². The van der Waals surface area contributed by atoms with Crippen LogP contribution in [0.3, 0.4) is 0 Å². The second kappa shape index (κ2) is 5.37. The molecule has 1 fully saturated rings. The SMILES string of the molecule is O=S1(=O)CCCC(CN2CCc3ccc(CO)cc32)C1. The second-order valence-electron chi connectivity index (χ2n) is 5.94. The van der Waals surface area contributed by atoms with Gasteiger partial charge in [-0.15, -0.1) is 0 Å². The number of fused-ring (bicyclic) bond motifs is 1. The molecule has 1 aromatic carbocycles. The van der Waals surface area contributed by atoms with Gasteiger partial charge in [-0.25, -0.2) is 8.42 Å². The number of aliphatic hydroxyl groups excluding tert-OH is 1. The zero-order valence-corrected chi connectivity index (χ0v) is 12.4. The minimum atomic E-state index is -2.83. The van der Waals surface area contributed by atoms with E-state index in [1.54, 1.807) is 0 Å². The van der Waals surface area contributed by atoms with Crippen LogP contribution < -0.4 is 4.90 Å². The molecule has 0 aliphatic carbocycles. The lowest BCUT2D eigenvalue weighted by atomic mass is 10.0. The first-order valence-corrected chi connectivity index (χ1v) is 9.07. The first kappa shape index (κ1) is 13.9. The lowest BCUT2D eigenvalue weighted by Crippen LogP contribution is -2.35. The van der Waals surface area contributed by atoms with E-state index in [9.17, 15) is 13.5 Å². The van der Waals surface area contributed by atoms with E-state index in [0.717, 1.165) is 37.9 Å². The fourth-order valence-corrected chi connectivity index (χ4v) is 5.12. The molecule has 5 heteroatoms. The molecule has 0 radical (unpaired) electrons. The summed E-state index contributed by atoms with van der Waals surface area (Å²) < 4.78 is 23.5. The molecule has 0 bridgehead atoms. The zero-order chi connectivity index (χ0) is 14.2. The first-order chi connectivity index (χ1) is 9.57. The molecule has 0 spiro atoms. The maximum atomic E-state index is 11.7. The summed E-state index contributed by atoms with van der Waals surface area (Å²) in [5, 5.41) is 9.25. The predicted molar refractivity (Wildman–Crippen MR) is 79.7 cm³/mol. The molecule has 110 valence electrons. The van der Waals surface area contributed by atoms with Gasteiger partial charge in [-0.3, -0.25) is 0 Å². The van der Waals surface area contributed by atoms with E-state index < -0.39 is 9.84 Å². The van der Waals surface area contributed by atoms with Gasteiger partial charge in [-0.1, -0.05) is 12.1 Å². The molecule has 1 N–H and O–H groups in total. The molecule has 0 aromatic heterocycles. The molecule has 20 heavy (non-hydrogen) atoms. The van der Waals surface area contributed by atoms with Crippen molar-refractivity contribution in [3.8, 4) is 0 Å². The molecule has 2 heterocycles. The van der Waals surface area contributed by atoms with Crippen molar-refractivity contribution in [1.29, 1.82) is 0 Å². The summed E-state index contributed by atoms with van der Waals surface area (Å²) >= 11 is 0. The Kier molecular flexibility index (Phi) is 3.73. The molecule has 0 saturated carbocycles. The summed E-state index contributed by atoms with van der Waals surface area (Å²) in [5.41, 5.74) is 3.41. The fraction of sp³-hybridized carbons (Fsp3) is 0.600. The Morgan fingerprint density at radius 3 is 2.95 bits per heavy atom. The summed E-state index contributed by atoms with van der Waals surface area (Å²) in [6.45, 7) is 1.83. The van der Waals surface area contributed by atoms with Crippen molar-refractivity contribution in [2.24, 2.45) is 5.92 Å². The van der Waals surface area contributed by atoms with Gasteiger partial charge in [0.05, 0.1) is 18.1 Å². The number of anilines is 1. The van der Waals surface area contributed by atoms with Crippen LogP contribution in [0.25, 0.3) is 0 Å². The average molecular weight is 295 g/mol. The summed E-state index contributed by atoms with van der Waals surface area (Å²) in [7, 11) is -2.83. The highest BCUT2D eigenvalue weighted by Crippen LogP contribution is 2.31. The molecule has 1 unspecified atom stereocenters. The van der Waals surface area contributed by atoms with Crippen LogP contribution in [0, 0.1) is 5.92 Å². The Hall–Kier alpha value is -1.07. The number of hydrogen-bond donors (Lipinski definition) is 1. The fourth-order valence-electron chi connectivity index (χ4n) is 3.35. The van der Waals surface area contributed by atoms with Crippen molar-refractivity contribution in [2.45, 2.75) is 25.9 Å². The van der Waals surface area contributed by atoms with Crippen molar-refractivity contribution in [1.82, 2.24) is 0 Å². The maximum absolute atomic E-state index is 11.7. The Balaban J connectivity index is 1.74. The predicted octanol–water partition coefficient (Wildman–Crippen LogP) is 1.37. The zero-order valence-electron chi connectivity index (χ0n) is 11.6. The molecule has 1 atom stereocenters. The highest BCUT2D eigenvalue weighted by atomic mass is 32.2. The average Bonchev–Trinajstić information content (AvgIpc) is 2.80. The summed E-state index contributed by atoms with van der Waals surface area (Å²) in [4.78, 5) is 2.29. The Morgan fingerprint density at radius 2 is 2.20 bits per heavy atom. The molecule has 1 aromatic rings. The van der Waals surface area contributed by atoms with Crippen molar-refractivity contribution in [3.05, 3.63) is 29.3 Å². The van der Waals surface area contributed by atoms with Gasteiger partial charge in [0.15, 0.2) is 9.84 Å². The van der Waals surface area contributed by atoms with Gasteiger partial charge in [-0.2, -0.15) is 0 Å². The van der Waals surface area contributed by atoms with Crippen LogP contribution >= 0.6 is 0 Å². The largest absolute Gasteiger partial charge is 0.392 e. The van der Waals surface area contributed by atoms with Crippen molar-refractivity contribution >= 4 is 15.5 Å². The number of nitrogens with zero attached hydrogens (tertiary/aromatic N) is 1. The third kappa shape index (κ3) is 2.83. The highest BCUT2D eigenvalue weighted by molar-refractivity contribution is 7.91. The smallest absolute Gasteiger partial charge is 0.150 e. The van der Waals surface area contributed by atoms with Gasteiger partial charge in [0.25, 0.3) is 0 Å². The first-order valence-electron chi connectivity index (χ1n) is 7.25. The van der Waals surface area contributed by atoms with Crippen molar-refractivity contribution < 1.29 is 13.5 Å². The van der Waals surface area contributed by atoms with Crippen LogP contribution in [-0.4, -0.2) is 38.1 Å². The van der Waals surface area contributed by atoms with Crippen LogP contribution in [0.5, 0.6) is 0 Å². The monoisotopic (exact) mass is 295 g/mol. The van der Waals surface area contributed by atoms with Crippen LogP contribution in [-0.2, 0) is 22.9 Å². The summed E-state index contributed by atoms with van der Waals surface area (Å²) in [6, 6.07) is 6.09. The van der Waals surface area contributed by atoms with Gasteiger partial charge in [0, 0.05) is 18.8 Å². The molecule has 0 amide bonds. The van der Waals surface area contributed by atoms with Crippen molar-refractivity contribution in [2.75, 3.05) is 29.5 Å². The normalized spacial score (nSPS) is 24.6. The van der Waals surface area contributed by atoms with E-state index in [2.05, 4.69) is 11.0 Å². The summed E-state index contributed by atoms with van der Waals surface area (Å²) in [6.07, 6.45) is 2.82. The van der Waals surface area contributed by atoms with E-state index in [0.29, 0.717) is 11.5 Å². The lowest BCUT2D eigenvalue weighted by Gasteiger charge is -2.28. The Morgan fingerprint density at radius 1 is 1.35 bits per heavy atom. The van der Waals surface area contributed by atoms with Crippen LogP contribution in [0.15, 0.2) is 18.2 Å². The molecule has 3 rings (SSSR count). The quantitative estimate of drug-likeness (QED) is 0.915. The van der Waals surface area contributed by atoms with Gasteiger partial charge in [0.2, 0.25) is 0 Å². The molecule has 2 aliphatic heterocycles. The van der Waals surface area contributed by atoms with Crippen LogP contribution in [0.1, 0.15) is 24.0 Å². The Bertz CT molecular complexity index is 597. The topological polar surface area (TPSA) is 57.6 Å². The van der Waals surface area contributed by atoms with Crippen LogP contribution in [0.2, 0.25) is 0 Å². The van der Waals surface area contributed by atoms with Crippen LogP contribution in [0.4, 0.5) is 5.69 Å². The molecular formula is C15H21NO3S. The Labute approximate surface area is 120 Å². The van der Waals surface area contributed by atoms with Gasteiger partial charge in [-0.05, 0) is 42.4 Å². The summed E-state index contributed by atoms with van der Waals surface area (Å²) in [5.74, 6) is 0.935. The number of rotatable bonds is 3. The number of hydrogen-bond acceptors (Lipinski definition) is 4. The number of aliphatic hydroxyl groups is 1. The minimum absolute atomic E-state index is 0.0545.